The van der Waals surface area contributed by atoms with Crippen LogP contribution in [0.3, 0.4) is 0 Å². The van der Waals surface area contributed by atoms with Crippen LogP contribution in [0.5, 0.6) is 0 Å². The van der Waals surface area contributed by atoms with E-state index >= 15 is 0 Å². The van der Waals surface area contributed by atoms with Crippen molar-refractivity contribution in [1.82, 2.24) is 5.32 Å². The number of amidine groups is 1. The van der Waals surface area contributed by atoms with Crippen LogP contribution in [0.1, 0.15) is 29.7 Å². The lowest BCUT2D eigenvalue weighted by atomic mass is 10.1. The first-order chi connectivity index (χ1) is 13.2. The van der Waals surface area contributed by atoms with E-state index in [0.29, 0.717) is 11.1 Å². The largest absolute Gasteiger partial charge is 0.384 e. The van der Waals surface area contributed by atoms with Gasteiger partial charge in [-0.25, -0.2) is 8.78 Å². The number of nitrogens with one attached hydrogen (secondary N) is 3. The van der Waals surface area contributed by atoms with Crippen molar-refractivity contribution in [3.05, 3.63) is 64.7 Å². The minimum atomic E-state index is -1.55. The van der Waals surface area contributed by atoms with Crippen LogP contribution >= 0.6 is 0 Å². The molecule has 0 radical (unpaired) electrons. The molecule has 0 spiro atoms. The summed E-state index contributed by atoms with van der Waals surface area (Å²) < 4.78 is 33.8. The van der Waals surface area contributed by atoms with Crippen molar-refractivity contribution in [3.8, 4) is 0 Å². The molecule has 0 fully saturated rings. The first-order valence-electron chi connectivity index (χ1n) is 8.24. The van der Waals surface area contributed by atoms with E-state index in [0.717, 1.165) is 19.2 Å². The van der Waals surface area contributed by atoms with Crippen LogP contribution in [0.4, 0.5) is 14.5 Å². The predicted octanol–water partition coefficient (Wildman–Crippen LogP) is 2.21. The van der Waals surface area contributed by atoms with Crippen molar-refractivity contribution < 1.29 is 23.1 Å². The molecular formula is C19H20F2N4O3. The smallest absolute Gasteiger partial charge is 0.254 e. The molecule has 0 saturated carbocycles. The van der Waals surface area contributed by atoms with E-state index in [1.165, 1.54) is 6.92 Å². The molecule has 0 aliphatic heterocycles. The van der Waals surface area contributed by atoms with Gasteiger partial charge in [-0.15, -0.1) is 0 Å². The molecule has 2 aromatic rings. The Labute approximate surface area is 160 Å². The van der Waals surface area contributed by atoms with E-state index in [-0.39, 0.29) is 18.1 Å². The number of nitrogens with two attached hydrogens (primary N) is 1. The lowest BCUT2D eigenvalue weighted by Crippen LogP contribution is -2.31. The summed E-state index contributed by atoms with van der Waals surface area (Å²) in [6, 6.07) is 8.58. The summed E-state index contributed by atoms with van der Waals surface area (Å²) in [6.07, 6.45) is -1.55. The van der Waals surface area contributed by atoms with Gasteiger partial charge in [-0.1, -0.05) is 24.3 Å². The topological polar surface area (TPSA) is 117 Å². The highest BCUT2D eigenvalue weighted by atomic mass is 19.1. The van der Waals surface area contributed by atoms with Crippen molar-refractivity contribution in [3.63, 3.8) is 0 Å². The van der Waals surface area contributed by atoms with Crippen LogP contribution in [0.2, 0.25) is 0 Å². The fourth-order valence-electron chi connectivity index (χ4n) is 2.54. The van der Waals surface area contributed by atoms with Gasteiger partial charge < -0.3 is 21.1 Å². The first kappa shape index (κ1) is 21.0. The third-order valence-electron chi connectivity index (χ3n) is 3.90. The quantitative estimate of drug-likeness (QED) is 0.428. The van der Waals surface area contributed by atoms with Crippen molar-refractivity contribution in [2.75, 3.05) is 12.4 Å². The molecule has 9 heteroatoms. The highest BCUT2D eigenvalue weighted by Gasteiger charge is 2.28. The van der Waals surface area contributed by atoms with Crippen LogP contribution in [-0.2, 0) is 20.9 Å². The number of methoxy groups -OCH3 is 1. The molecule has 2 rings (SSSR count). The van der Waals surface area contributed by atoms with Gasteiger partial charge in [-0.3, -0.25) is 15.0 Å². The summed E-state index contributed by atoms with van der Waals surface area (Å²) in [4.78, 5) is 23.6. The third kappa shape index (κ3) is 4.89. The molecule has 1 unspecified atom stereocenters. The number of carbonyl (C=O) groups excluding carboxylic acids is 2. The molecule has 0 bridgehead atoms. The van der Waals surface area contributed by atoms with Gasteiger partial charge in [-0.2, -0.15) is 0 Å². The third-order valence-corrected chi connectivity index (χ3v) is 3.90. The number of ether oxygens (including phenoxy) is 1. The summed E-state index contributed by atoms with van der Waals surface area (Å²) in [5, 5.41) is 12.1. The van der Waals surface area contributed by atoms with Gasteiger partial charge in [0.1, 0.15) is 11.7 Å². The Morgan fingerprint density at radius 2 is 1.82 bits per heavy atom. The molecule has 5 N–H and O–H groups in total. The molecule has 2 amide bonds. The summed E-state index contributed by atoms with van der Waals surface area (Å²) in [7, 11) is 1.15. The Morgan fingerprint density at radius 1 is 1.18 bits per heavy atom. The molecule has 2 aromatic carbocycles. The summed E-state index contributed by atoms with van der Waals surface area (Å²) in [5.74, 6) is -3.43. The van der Waals surface area contributed by atoms with Gasteiger partial charge in [0.2, 0.25) is 5.91 Å². The van der Waals surface area contributed by atoms with Crippen LogP contribution < -0.4 is 16.4 Å². The summed E-state index contributed by atoms with van der Waals surface area (Å²) in [5.41, 5.74) is 5.76. The molecular weight excluding hydrogens is 370 g/mol. The average molecular weight is 390 g/mol. The molecule has 0 heterocycles. The van der Waals surface area contributed by atoms with Gasteiger partial charge in [0.15, 0.2) is 11.9 Å². The Balaban J connectivity index is 2.19. The Morgan fingerprint density at radius 3 is 2.36 bits per heavy atom. The van der Waals surface area contributed by atoms with E-state index in [1.807, 2.05) is 0 Å². The number of hydrogen-bond acceptors (Lipinski definition) is 4. The lowest BCUT2D eigenvalue weighted by molar-refractivity contribution is -0.131. The van der Waals surface area contributed by atoms with Gasteiger partial charge in [0.25, 0.3) is 5.91 Å². The highest BCUT2D eigenvalue weighted by Crippen LogP contribution is 2.28. The fraction of sp³-hybridized carbons (Fsp3) is 0.211. The van der Waals surface area contributed by atoms with E-state index < -0.39 is 35.1 Å². The van der Waals surface area contributed by atoms with Crippen LogP contribution in [-0.4, -0.2) is 24.8 Å². The molecule has 148 valence electrons. The zero-order chi connectivity index (χ0) is 20.8. The number of nitrogen functional groups attached to an aromatic ring is 1. The Kier molecular flexibility index (Phi) is 6.78. The first-order valence-corrected chi connectivity index (χ1v) is 8.24. The minimum absolute atomic E-state index is 0.0749. The predicted molar refractivity (Wildman–Crippen MR) is 99.7 cm³/mol. The van der Waals surface area contributed by atoms with Gasteiger partial charge in [0.05, 0.1) is 11.3 Å². The molecule has 0 aliphatic carbocycles. The summed E-state index contributed by atoms with van der Waals surface area (Å²) >= 11 is 0. The monoisotopic (exact) mass is 390 g/mol. The number of amides is 2. The average Bonchev–Trinajstić information content (AvgIpc) is 2.65. The van der Waals surface area contributed by atoms with Crippen LogP contribution in [0.15, 0.2) is 36.4 Å². The zero-order valence-electron chi connectivity index (χ0n) is 15.3. The van der Waals surface area contributed by atoms with Crippen molar-refractivity contribution in [2.24, 2.45) is 5.73 Å². The molecule has 0 aromatic heterocycles. The molecule has 1 atom stereocenters. The van der Waals surface area contributed by atoms with Crippen LogP contribution in [0, 0.1) is 17.0 Å². The van der Waals surface area contributed by atoms with E-state index in [2.05, 4.69) is 10.6 Å². The number of carbonyl (C=O) groups is 2. The Bertz CT molecular complexity index is 901. The van der Waals surface area contributed by atoms with E-state index in [9.17, 15) is 18.4 Å². The van der Waals surface area contributed by atoms with Crippen LogP contribution in [0.25, 0.3) is 0 Å². The van der Waals surface area contributed by atoms with Gasteiger partial charge in [-0.05, 0) is 17.7 Å². The highest BCUT2D eigenvalue weighted by molar-refractivity contribution is 5.94. The fourth-order valence-corrected chi connectivity index (χ4v) is 2.54. The van der Waals surface area contributed by atoms with Crippen molar-refractivity contribution >= 4 is 23.3 Å². The second kappa shape index (κ2) is 9.05. The number of benzene rings is 2. The second-order valence-electron chi connectivity index (χ2n) is 5.95. The minimum Gasteiger partial charge on any atom is -0.384 e. The maximum Gasteiger partial charge on any atom is 0.254 e. The number of rotatable bonds is 7. The van der Waals surface area contributed by atoms with Crippen molar-refractivity contribution in [2.45, 2.75) is 19.6 Å². The SMILES string of the molecule is COC(C(=O)NCc1ccc(C(=N)N)cc1)c1c(F)ccc(NC(C)=O)c1F. The standard InChI is InChI=1S/C19H20F2N4O3/c1-10(26)25-14-8-7-13(20)15(16(14)21)17(28-2)19(27)24-9-11-3-5-12(6-4-11)18(22)23/h3-8,17H,9H2,1-2H3,(H3,22,23)(H,24,27)(H,25,26). The molecule has 7 nitrogen and oxygen atoms in total. The van der Waals surface area contributed by atoms with Gasteiger partial charge in [0, 0.05) is 26.1 Å². The van der Waals surface area contributed by atoms with Crippen molar-refractivity contribution in [1.29, 1.82) is 5.41 Å². The number of hydrogen-bond donors (Lipinski definition) is 4. The summed E-state index contributed by atoms with van der Waals surface area (Å²) in [6.45, 7) is 1.26. The number of anilines is 1. The van der Waals surface area contributed by atoms with Gasteiger partial charge >= 0.3 is 0 Å². The zero-order valence-corrected chi connectivity index (χ0v) is 15.3. The second-order valence-corrected chi connectivity index (χ2v) is 5.95. The Hall–Kier alpha value is -3.33. The molecule has 0 saturated heterocycles. The lowest BCUT2D eigenvalue weighted by Gasteiger charge is -2.18. The molecule has 0 aliphatic rings. The normalized spacial score (nSPS) is 11.6. The van der Waals surface area contributed by atoms with E-state index in [1.54, 1.807) is 24.3 Å². The maximum absolute atomic E-state index is 14.6. The maximum atomic E-state index is 14.6. The number of halogens is 2. The molecule has 28 heavy (non-hydrogen) atoms. The van der Waals surface area contributed by atoms with E-state index in [4.69, 9.17) is 15.9 Å².